The second-order valence-corrected chi connectivity index (χ2v) is 7.85. The van der Waals surface area contributed by atoms with Gasteiger partial charge in [0.05, 0.1) is 0 Å². The van der Waals surface area contributed by atoms with Gasteiger partial charge >= 0.3 is 0 Å². The minimum Gasteiger partial charge on any atom is -0.371 e. The maximum atomic E-state index is 12.9. The molecule has 2 N–H and O–H groups in total. The van der Waals surface area contributed by atoms with Gasteiger partial charge in [0, 0.05) is 63.6 Å². The van der Waals surface area contributed by atoms with Gasteiger partial charge in [0.15, 0.2) is 0 Å². The van der Waals surface area contributed by atoms with E-state index < -0.39 is 6.04 Å². The number of amides is 3. The number of hydrogen-bond donors (Lipinski definition) is 2. The lowest BCUT2D eigenvalue weighted by Crippen LogP contribution is -2.56. The maximum absolute atomic E-state index is 12.9. The highest BCUT2D eigenvalue weighted by Gasteiger charge is 2.31. The normalized spacial score (nSPS) is 18.8. The zero-order valence-electron chi connectivity index (χ0n) is 17.1. The summed E-state index contributed by atoms with van der Waals surface area (Å²) in [6.07, 6.45) is 8.11. The van der Waals surface area contributed by atoms with Gasteiger partial charge in [-0.25, -0.2) is 0 Å². The topological polar surface area (TPSA) is 94.6 Å². The van der Waals surface area contributed by atoms with Crippen LogP contribution in [0.1, 0.15) is 39.0 Å². The first-order valence-electron chi connectivity index (χ1n) is 10.5. The Morgan fingerprint density at radius 2 is 1.72 bits per heavy atom. The Morgan fingerprint density at radius 3 is 2.34 bits per heavy atom. The van der Waals surface area contributed by atoms with E-state index in [9.17, 15) is 14.4 Å². The summed E-state index contributed by atoms with van der Waals surface area (Å²) in [6, 6.07) is 3.24. The number of rotatable bonds is 6. The van der Waals surface area contributed by atoms with Crippen LogP contribution in [0.5, 0.6) is 0 Å². The van der Waals surface area contributed by atoms with Crippen molar-refractivity contribution in [3.8, 4) is 0 Å². The van der Waals surface area contributed by atoms with Crippen LogP contribution in [0.15, 0.2) is 24.5 Å². The van der Waals surface area contributed by atoms with Crippen LogP contribution in [0.2, 0.25) is 0 Å². The predicted molar refractivity (Wildman–Crippen MR) is 110 cm³/mol. The lowest BCUT2D eigenvalue weighted by atomic mass is 9.95. The molecule has 8 heteroatoms. The lowest BCUT2D eigenvalue weighted by Gasteiger charge is -2.34. The molecule has 1 aromatic heterocycles. The Morgan fingerprint density at radius 1 is 1.07 bits per heavy atom. The van der Waals surface area contributed by atoms with E-state index in [0.717, 1.165) is 64.0 Å². The number of aromatic nitrogens is 1. The molecule has 2 saturated heterocycles. The first-order valence-corrected chi connectivity index (χ1v) is 10.5. The average molecular weight is 402 g/mol. The summed E-state index contributed by atoms with van der Waals surface area (Å²) < 4.78 is 0. The highest BCUT2D eigenvalue weighted by molar-refractivity contribution is 5.89. The summed E-state index contributed by atoms with van der Waals surface area (Å²) in [4.78, 5) is 45.2. The highest BCUT2D eigenvalue weighted by Crippen LogP contribution is 2.23. The molecule has 0 aliphatic carbocycles. The minimum atomic E-state index is -0.706. The molecule has 0 bridgehead atoms. The Labute approximate surface area is 172 Å². The summed E-state index contributed by atoms with van der Waals surface area (Å²) in [5.74, 6) is -0.524. The van der Waals surface area contributed by atoms with Crippen LogP contribution in [0, 0.1) is 5.92 Å². The molecule has 158 valence electrons. The van der Waals surface area contributed by atoms with E-state index >= 15 is 0 Å². The van der Waals surface area contributed by atoms with Gasteiger partial charge in [0.25, 0.3) is 0 Å². The molecule has 0 radical (unpaired) electrons. The van der Waals surface area contributed by atoms with Crippen molar-refractivity contribution in [2.75, 3.05) is 37.6 Å². The maximum Gasteiger partial charge on any atom is 0.246 e. The SMILES string of the molecule is CC(=O)NCC(NC(=O)C1CCN(c2ccncc2)CC1)C(=O)N1CCCCC1. The second kappa shape index (κ2) is 10.2. The van der Waals surface area contributed by atoms with Gasteiger partial charge in [-0.05, 0) is 44.2 Å². The average Bonchev–Trinajstić information content (AvgIpc) is 2.77. The molecule has 29 heavy (non-hydrogen) atoms. The van der Waals surface area contributed by atoms with Crippen LogP contribution in [0.25, 0.3) is 0 Å². The molecular weight excluding hydrogens is 370 g/mol. The zero-order chi connectivity index (χ0) is 20.6. The highest BCUT2D eigenvalue weighted by atomic mass is 16.2. The summed E-state index contributed by atoms with van der Waals surface area (Å²) in [6.45, 7) is 4.56. The Hall–Kier alpha value is -2.64. The number of pyridine rings is 1. The van der Waals surface area contributed by atoms with Gasteiger partial charge in [-0.2, -0.15) is 0 Å². The third-order valence-electron chi connectivity index (χ3n) is 5.73. The number of anilines is 1. The third-order valence-corrected chi connectivity index (χ3v) is 5.73. The van der Waals surface area contributed by atoms with E-state index in [1.165, 1.54) is 6.92 Å². The van der Waals surface area contributed by atoms with E-state index in [1.54, 1.807) is 12.4 Å². The van der Waals surface area contributed by atoms with Crippen LogP contribution in [0.3, 0.4) is 0 Å². The molecule has 0 aromatic carbocycles. The number of nitrogens with one attached hydrogen (secondary N) is 2. The largest absolute Gasteiger partial charge is 0.371 e. The smallest absolute Gasteiger partial charge is 0.246 e. The van der Waals surface area contributed by atoms with E-state index in [0.29, 0.717) is 0 Å². The molecule has 8 nitrogen and oxygen atoms in total. The van der Waals surface area contributed by atoms with Gasteiger partial charge < -0.3 is 20.4 Å². The molecule has 2 aliphatic rings. The van der Waals surface area contributed by atoms with Crippen LogP contribution < -0.4 is 15.5 Å². The van der Waals surface area contributed by atoms with E-state index in [2.05, 4.69) is 20.5 Å². The van der Waals surface area contributed by atoms with Gasteiger partial charge in [0.2, 0.25) is 17.7 Å². The number of piperidine rings is 2. The summed E-state index contributed by atoms with van der Waals surface area (Å²) in [5.41, 5.74) is 1.11. The molecular formula is C21H31N5O3. The molecule has 1 atom stereocenters. The van der Waals surface area contributed by atoms with Crippen molar-refractivity contribution in [2.24, 2.45) is 5.92 Å². The van der Waals surface area contributed by atoms with Crippen molar-refractivity contribution in [3.05, 3.63) is 24.5 Å². The minimum absolute atomic E-state index is 0.0963. The predicted octanol–water partition coefficient (Wildman–Crippen LogP) is 0.931. The molecule has 1 aromatic rings. The van der Waals surface area contributed by atoms with E-state index in [1.807, 2.05) is 17.0 Å². The van der Waals surface area contributed by atoms with Crippen molar-refractivity contribution in [1.82, 2.24) is 20.5 Å². The number of nitrogens with zero attached hydrogens (tertiary/aromatic N) is 3. The molecule has 3 rings (SSSR count). The number of carbonyl (C=O) groups excluding carboxylic acids is 3. The fraction of sp³-hybridized carbons (Fsp3) is 0.619. The third kappa shape index (κ3) is 5.92. The summed E-state index contributed by atoms with van der Waals surface area (Å²) in [5, 5.41) is 5.61. The molecule has 2 fully saturated rings. The molecule has 3 amide bonds. The number of likely N-dealkylation sites (tertiary alicyclic amines) is 1. The molecule has 0 saturated carbocycles. The Kier molecular flexibility index (Phi) is 7.43. The van der Waals surface area contributed by atoms with Gasteiger partial charge in [-0.15, -0.1) is 0 Å². The summed E-state index contributed by atoms with van der Waals surface area (Å²) >= 11 is 0. The summed E-state index contributed by atoms with van der Waals surface area (Å²) in [7, 11) is 0. The van der Waals surface area contributed by atoms with Crippen molar-refractivity contribution in [1.29, 1.82) is 0 Å². The van der Waals surface area contributed by atoms with Crippen LogP contribution in [-0.4, -0.2) is 66.4 Å². The fourth-order valence-corrected chi connectivity index (χ4v) is 4.02. The monoisotopic (exact) mass is 401 g/mol. The molecule has 0 spiro atoms. The molecule has 1 unspecified atom stereocenters. The van der Waals surface area contributed by atoms with E-state index in [4.69, 9.17) is 0 Å². The molecule has 2 aliphatic heterocycles. The first kappa shape index (κ1) is 21.1. The van der Waals surface area contributed by atoms with Crippen molar-refractivity contribution in [3.63, 3.8) is 0 Å². The standard InChI is InChI=1S/C21H31N5O3/c1-16(27)23-15-19(21(29)26-11-3-2-4-12-26)24-20(28)17-7-13-25(14-8-17)18-5-9-22-10-6-18/h5-6,9-10,17,19H,2-4,7-8,11-15H2,1H3,(H,23,27)(H,24,28). The Bertz CT molecular complexity index is 698. The zero-order valence-corrected chi connectivity index (χ0v) is 17.1. The quantitative estimate of drug-likeness (QED) is 0.740. The van der Waals surface area contributed by atoms with Crippen molar-refractivity contribution < 1.29 is 14.4 Å². The van der Waals surface area contributed by atoms with Crippen LogP contribution in [-0.2, 0) is 14.4 Å². The van der Waals surface area contributed by atoms with Crippen LogP contribution >= 0.6 is 0 Å². The second-order valence-electron chi connectivity index (χ2n) is 7.85. The van der Waals surface area contributed by atoms with E-state index in [-0.39, 0.29) is 30.2 Å². The van der Waals surface area contributed by atoms with Gasteiger partial charge in [-0.1, -0.05) is 0 Å². The van der Waals surface area contributed by atoms with Crippen LogP contribution in [0.4, 0.5) is 5.69 Å². The first-order chi connectivity index (χ1) is 14.0. The number of hydrogen-bond acceptors (Lipinski definition) is 5. The number of carbonyl (C=O) groups is 3. The van der Waals surface area contributed by atoms with Crippen molar-refractivity contribution in [2.45, 2.75) is 45.1 Å². The van der Waals surface area contributed by atoms with Gasteiger partial charge in [0.1, 0.15) is 6.04 Å². The van der Waals surface area contributed by atoms with Gasteiger partial charge in [-0.3, -0.25) is 19.4 Å². The lowest BCUT2D eigenvalue weighted by molar-refractivity contribution is -0.138. The Balaban J connectivity index is 1.56. The van der Waals surface area contributed by atoms with Crippen molar-refractivity contribution >= 4 is 23.4 Å². The molecule has 3 heterocycles. The fourth-order valence-electron chi connectivity index (χ4n) is 4.02.